The van der Waals surface area contributed by atoms with Crippen molar-refractivity contribution in [1.82, 2.24) is 0 Å². The second-order valence-corrected chi connectivity index (χ2v) is 6.48. The topological polar surface area (TPSA) is 76.0 Å². The largest absolute Gasteiger partial charge is 0.459 e. The maximum Gasteiger partial charge on any atom is 0.306 e. The van der Waals surface area contributed by atoms with E-state index < -0.39 is 18.3 Å². The van der Waals surface area contributed by atoms with Gasteiger partial charge in [-0.1, -0.05) is 44.2 Å². The first-order valence-corrected chi connectivity index (χ1v) is 8.14. The highest BCUT2D eigenvalue weighted by atomic mass is 16.6. The average molecular weight is 322 g/mol. The number of hydrogen-bond donors (Lipinski definition) is 2. The summed E-state index contributed by atoms with van der Waals surface area (Å²) in [5.41, 5.74) is 1.08. The monoisotopic (exact) mass is 322 g/mol. The lowest BCUT2D eigenvalue weighted by atomic mass is 9.92. The van der Waals surface area contributed by atoms with Gasteiger partial charge in [-0.05, 0) is 5.56 Å². The Labute approximate surface area is 137 Å². The van der Waals surface area contributed by atoms with Crippen molar-refractivity contribution in [3.8, 4) is 0 Å². The van der Waals surface area contributed by atoms with Crippen LogP contribution in [0.4, 0.5) is 0 Å². The molecule has 0 bridgehead atoms. The molecule has 23 heavy (non-hydrogen) atoms. The van der Waals surface area contributed by atoms with E-state index in [1.807, 2.05) is 44.2 Å². The van der Waals surface area contributed by atoms with Crippen LogP contribution in [0.2, 0.25) is 0 Å². The summed E-state index contributed by atoms with van der Waals surface area (Å²) in [6.07, 6.45) is -1.56. The molecule has 1 aromatic rings. The molecule has 1 saturated heterocycles. The van der Waals surface area contributed by atoms with Crippen LogP contribution in [0.15, 0.2) is 30.3 Å². The van der Waals surface area contributed by atoms with E-state index >= 15 is 0 Å². The third-order valence-corrected chi connectivity index (χ3v) is 4.33. The van der Waals surface area contributed by atoms with Gasteiger partial charge in [-0.3, -0.25) is 4.79 Å². The van der Waals surface area contributed by atoms with Gasteiger partial charge in [0.05, 0.1) is 31.8 Å². The van der Waals surface area contributed by atoms with Crippen LogP contribution in [0.25, 0.3) is 0 Å². The highest BCUT2D eigenvalue weighted by Crippen LogP contribution is 2.27. The van der Waals surface area contributed by atoms with Crippen LogP contribution < -0.4 is 0 Å². The predicted molar refractivity (Wildman–Crippen MR) is 85.6 cm³/mol. The normalized spacial score (nSPS) is 25.0. The molecule has 0 aliphatic carbocycles. The minimum Gasteiger partial charge on any atom is -0.459 e. The molecule has 5 nitrogen and oxygen atoms in total. The van der Waals surface area contributed by atoms with Crippen LogP contribution in [-0.4, -0.2) is 41.1 Å². The molecular formula is C18H26O5. The molecule has 0 saturated carbocycles. The van der Waals surface area contributed by atoms with Crippen molar-refractivity contribution in [3.05, 3.63) is 35.9 Å². The molecule has 0 radical (unpaired) electrons. The maximum absolute atomic E-state index is 11.2. The summed E-state index contributed by atoms with van der Waals surface area (Å²) in [4.78, 5) is 11.2. The third-order valence-electron chi connectivity index (χ3n) is 4.33. The van der Waals surface area contributed by atoms with Crippen molar-refractivity contribution in [2.75, 3.05) is 6.61 Å². The molecule has 1 heterocycles. The molecule has 0 unspecified atom stereocenters. The molecule has 0 aromatic heterocycles. The molecular weight excluding hydrogens is 296 g/mol. The minimum absolute atomic E-state index is 0.0191. The standard InChI is InChI=1S/C18H26O5/c1-12-8-17(21)23-18(12)16(20)9-15(19)13(2)10-22-11-14-6-4-3-5-7-14/h3-7,12-13,15-16,18-20H,8-11H2,1-2H3/t12-,13-,15+,16+,18-/m1/s1. The molecule has 5 atom stereocenters. The fourth-order valence-electron chi connectivity index (χ4n) is 2.81. The summed E-state index contributed by atoms with van der Waals surface area (Å²) in [6.45, 7) is 4.66. The number of carbonyl (C=O) groups is 1. The van der Waals surface area contributed by atoms with Crippen LogP contribution in [0.1, 0.15) is 32.3 Å². The Morgan fingerprint density at radius 2 is 2.00 bits per heavy atom. The first-order chi connectivity index (χ1) is 11.0. The van der Waals surface area contributed by atoms with Crippen LogP contribution in [-0.2, 0) is 20.9 Å². The second-order valence-electron chi connectivity index (χ2n) is 6.48. The zero-order valence-corrected chi connectivity index (χ0v) is 13.7. The number of aliphatic hydroxyl groups is 2. The number of esters is 1. The Morgan fingerprint density at radius 3 is 2.61 bits per heavy atom. The van der Waals surface area contributed by atoms with Crippen LogP contribution in [0.3, 0.4) is 0 Å². The van der Waals surface area contributed by atoms with E-state index in [0.717, 1.165) is 5.56 Å². The molecule has 5 heteroatoms. The van der Waals surface area contributed by atoms with Gasteiger partial charge in [-0.15, -0.1) is 0 Å². The SMILES string of the molecule is C[C@@H]1CC(=O)O[C@H]1[C@@H](O)C[C@H](O)[C@H](C)COCc1ccccc1. The Balaban J connectivity index is 1.72. The summed E-state index contributed by atoms with van der Waals surface area (Å²) >= 11 is 0. The summed E-state index contributed by atoms with van der Waals surface area (Å²) in [6, 6.07) is 9.84. The van der Waals surface area contributed by atoms with Crippen molar-refractivity contribution in [2.45, 2.75) is 51.6 Å². The van der Waals surface area contributed by atoms with Gasteiger partial charge in [0.15, 0.2) is 0 Å². The lowest BCUT2D eigenvalue weighted by Crippen LogP contribution is -2.36. The molecule has 2 N–H and O–H groups in total. The molecule has 0 spiro atoms. The zero-order valence-electron chi connectivity index (χ0n) is 13.7. The van der Waals surface area contributed by atoms with Crippen LogP contribution in [0.5, 0.6) is 0 Å². The van der Waals surface area contributed by atoms with Crippen molar-refractivity contribution in [1.29, 1.82) is 0 Å². The first-order valence-electron chi connectivity index (χ1n) is 8.14. The molecule has 128 valence electrons. The number of benzene rings is 1. The number of ether oxygens (including phenoxy) is 2. The minimum atomic E-state index is -0.844. The van der Waals surface area contributed by atoms with Gasteiger partial charge < -0.3 is 19.7 Å². The maximum atomic E-state index is 11.2. The lowest BCUT2D eigenvalue weighted by Gasteiger charge is -2.25. The van der Waals surface area contributed by atoms with Crippen molar-refractivity contribution in [2.24, 2.45) is 11.8 Å². The van der Waals surface area contributed by atoms with E-state index in [1.165, 1.54) is 0 Å². The third kappa shape index (κ3) is 5.30. The number of rotatable bonds is 8. The van der Waals surface area contributed by atoms with Crippen molar-refractivity contribution < 1.29 is 24.5 Å². The summed E-state index contributed by atoms with van der Waals surface area (Å²) in [5, 5.41) is 20.4. The van der Waals surface area contributed by atoms with Gasteiger partial charge in [0.1, 0.15) is 6.10 Å². The Morgan fingerprint density at radius 1 is 1.30 bits per heavy atom. The van der Waals surface area contributed by atoms with Gasteiger partial charge in [-0.2, -0.15) is 0 Å². The second kappa shape index (κ2) is 8.43. The predicted octanol–water partition coefficient (Wildman–Crippen LogP) is 1.90. The smallest absolute Gasteiger partial charge is 0.306 e. The van der Waals surface area contributed by atoms with E-state index in [4.69, 9.17) is 9.47 Å². The highest BCUT2D eigenvalue weighted by molar-refractivity contribution is 5.72. The van der Waals surface area contributed by atoms with Gasteiger partial charge in [0.25, 0.3) is 0 Å². The van der Waals surface area contributed by atoms with Gasteiger partial charge in [-0.25, -0.2) is 0 Å². The number of carbonyl (C=O) groups excluding carboxylic acids is 1. The molecule has 2 rings (SSSR count). The van der Waals surface area contributed by atoms with E-state index in [-0.39, 0.29) is 24.2 Å². The van der Waals surface area contributed by atoms with Crippen LogP contribution in [0, 0.1) is 11.8 Å². The van der Waals surface area contributed by atoms with Crippen molar-refractivity contribution >= 4 is 5.97 Å². The average Bonchev–Trinajstić information content (AvgIpc) is 2.87. The Bertz CT molecular complexity index is 489. The fraction of sp³-hybridized carbons (Fsp3) is 0.611. The Hall–Kier alpha value is -1.43. The molecule has 1 aromatic carbocycles. The van der Waals surface area contributed by atoms with Crippen LogP contribution >= 0.6 is 0 Å². The molecule has 0 amide bonds. The van der Waals surface area contributed by atoms with Gasteiger partial charge >= 0.3 is 5.97 Å². The molecule has 1 fully saturated rings. The van der Waals surface area contributed by atoms with Gasteiger partial charge in [0, 0.05) is 18.3 Å². The van der Waals surface area contributed by atoms with Gasteiger partial charge in [0.2, 0.25) is 0 Å². The van der Waals surface area contributed by atoms with E-state index in [0.29, 0.717) is 19.6 Å². The quantitative estimate of drug-likeness (QED) is 0.715. The molecule has 1 aliphatic heterocycles. The highest BCUT2D eigenvalue weighted by Gasteiger charge is 2.37. The Kier molecular flexibility index (Phi) is 6.57. The summed E-state index contributed by atoms with van der Waals surface area (Å²) in [7, 11) is 0. The fourth-order valence-corrected chi connectivity index (χ4v) is 2.81. The summed E-state index contributed by atoms with van der Waals surface area (Å²) in [5.74, 6) is -0.412. The number of hydrogen-bond acceptors (Lipinski definition) is 5. The molecule has 1 aliphatic rings. The van der Waals surface area contributed by atoms with E-state index in [9.17, 15) is 15.0 Å². The van der Waals surface area contributed by atoms with E-state index in [1.54, 1.807) is 0 Å². The zero-order chi connectivity index (χ0) is 16.8. The van der Waals surface area contributed by atoms with Crippen molar-refractivity contribution in [3.63, 3.8) is 0 Å². The number of aliphatic hydroxyl groups excluding tert-OH is 2. The first kappa shape index (κ1) is 17.9. The lowest BCUT2D eigenvalue weighted by molar-refractivity contribution is -0.147. The van der Waals surface area contributed by atoms with E-state index in [2.05, 4.69) is 0 Å². The summed E-state index contributed by atoms with van der Waals surface area (Å²) < 4.78 is 10.7. The number of cyclic esters (lactones) is 1.